The molecule has 1 aromatic rings. The number of oxazole rings is 1. The number of nitrogens with zero attached hydrogens (tertiary/aromatic N) is 1. The molecule has 1 aliphatic rings. The molecule has 16 heavy (non-hydrogen) atoms. The minimum atomic E-state index is -0.0171. The van der Waals surface area contributed by atoms with Crippen molar-refractivity contribution in [1.82, 2.24) is 15.6 Å². The molecule has 0 aromatic carbocycles. The van der Waals surface area contributed by atoms with Gasteiger partial charge in [0.2, 0.25) is 11.8 Å². The van der Waals surface area contributed by atoms with E-state index in [9.17, 15) is 4.79 Å². The van der Waals surface area contributed by atoms with Crippen molar-refractivity contribution in [3.63, 3.8) is 0 Å². The molecule has 0 bridgehead atoms. The molecule has 0 unspecified atom stereocenters. The van der Waals surface area contributed by atoms with Gasteiger partial charge in [-0.05, 0) is 32.2 Å². The largest absolute Gasteiger partial charge is 0.444 e. The number of carbonyl (C=O) groups is 1. The SMILES string of the molecule is Cc1cnc(CNC(=O)CNCC2CC2)o1. The van der Waals surface area contributed by atoms with Crippen molar-refractivity contribution in [3.8, 4) is 0 Å². The van der Waals surface area contributed by atoms with E-state index in [0.717, 1.165) is 18.2 Å². The summed E-state index contributed by atoms with van der Waals surface area (Å²) < 4.78 is 5.24. The molecule has 0 saturated heterocycles. The van der Waals surface area contributed by atoms with Gasteiger partial charge in [-0.2, -0.15) is 0 Å². The molecular formula is C11H17N3O2. The molecule has 0 aliphatic heterocycles. The Morgan fingerprint density at radius 2 is 2.44 bits per heavy atom. The van der Waals surface area contributed by atoms with Crippen LogP contribution in [0.25, 0.3) is 0 Å². The lowest BCUT2D eigenvalue weighted by Crippen LogP contribution is -2.34. The number of aromatic nitrogens is 1. The third-order valence-electron chi connectivity index (χ3n) is 2.52. The molecular weight excluding hydrogens is 206 g/mol. The van der Waals surface area contributed by atoms with Gasteiger partial charge in [0, 0.05) is 0 Å². The van der Waals surface area contributed by atoms with E-state index < -0.39 is 0 Å². The first-order valence-corrected chi connectivity index (χ1v) is 5.63. The Hall–Kier alpha value is -1.36. The van der Waals surface area contributed by atoms with Crippen molar-refractivity contribution < 1.29 is 9.21 Å². The molecule has 0 radical (unpaired) electrons. The van der Waals surface area contributed by atoms with Crippen molar-refractivity contribution in [2.75, 3.05) is 13.1 Å². The summed E-state index contributed by atoms with van der Waals surface area (Å²) in [6.07, 6.45) is 4.24. The van der Waals surface area contributed by atoms with Crippen LogP contribution < -0.4 is 10.6 Å². The highest BCUT2D eigenvalue weighted by molar-refractivity contribution is 5.77. The average molecular weight is 223 g/mol. The number of hydrogen-bond acceptors (Lipinski definition) is 4. The predicted molar refractivity (Wildman–Crippen MR) is 58.7 cm³/mol. The maximum absolute atomic E-state index is 11.4. The van der Waals surface area contributed by atoms with Crippen LogP contribution in [0.1, 0.15) is 24.5 Å². The summed E-state index contributed by atoms with van der Waals surface area (Å²) in [6, 6.07) is 0. The second-order valence-electron chi connectivity index (χ2n) is 4.22. The fourth-order valence-corrected chi connectivity index (χ4v) is 1.43. The number of hydrogen-bond donors (Lipinski definition) is 2. The quantitative estimate of drug-likeness (QED) is 0.741. The number of amides is 1. The molecule has 1 amide bonds. The normalized spacial score (nSPS) is 15.1. The van der Waals surface area contributed by atoms with Crippen LogP contribution in [0.2, 0.25) is 0 Å². The van der Waals surface area contributed by atoms with E-state index in [1.807, 2.05) is 6.92 Å². The summed E-state index contributed by atoms with van der Waals surface area (Å²) >= 11 is 0. The number of rotatable bonds is 6. The summed E-state index contributed by atoms with van der Waals surface area (Å²) in [4.78, 5) is 15.4. The molecule has 0 atom stereocenters. The Labute approximate surface area is 94.6 Å². The first kappa shape index (κ1) is 11.1. The van der Waals surface area contributed by atoms with Gasteiger partial charge < -0.3 is 15.1 Å². The minimum absolute atomic E-state index is 0.0171. The standard InChI is InChI=1S/C11H17N3O2/c1-8-4-14-11(16-8)7-13-10(15)6-12-5-9-2-3-9/h4,9,12H,2-3,5-7H2,1H3,(H,13,15). The van der Waals surface area contributed by atoms with E-state index in [2.05, 4.69) is 15.6 Å². The summed E-state index contributed by atoms with van der Waals surface area (Å²) in [5, 5.41) is 5.87. The molecule has 1 fully saturated rings. The van der Waals surface area contributed by atoms with Crippen LogP contribution in [-0.2, 0) is 11.3 Å². The Bertz CT molecular complexity index is 358. The van der Waals surface area contributed by atoms with Gasteiger partial charge in [0.15, 0.2) is 0 Å². The van der Waals surface area contributed by atoms with Gasteiger partial charge >= 0.3 is 0 Å². The van der Waals surface area contributed by atoms with Crippen molar-refractivity contribution in [2.24, 2.45) is 5.92 Å². The minimum Gasteiger partial charge on any atom is -0.444 e. The van der Waals surface area contributed by atoms with Crippen molar-refractivity contribution in [1.29, 1.82) is 0 Å². The summed E-state index contributed by atoms with van der Waals surface area (Å²) in [7, 11) is 0. The van der Waals surface area contributed by atoms with Gasteiger partial charge in [-0.1, -0.05) is 0 Å². The third kappa shape index (κ3) is 3.66. The lowest BCUT2D eigenvalue weighted by Gasteiger charge is -2.03. The summed E-state index contributed by atoms with van der Waals surface area (Å²) in [5.41, 5.74) is 0. The van der Waals surface area contributed by atoms with Crippen LogP contribution in [0, 0.1) is 12.8 Å². The van der Waals surface area contributed by atoms with Crippen molar-refractivity contribution >= 4 is 5.91 Å². The maximum Gasteiger partial charge on any atom is 0.234 e. The van der Waals surface area contributed by atoms with Crippen LogP contribution in [0.5, 0.6) is 0 Å². The fraction of sp³-hybridized carbons (Fsp3) is 0.636. The molecule has 5 nitrogen and oxygen atoms in total. The Kier molecular flexibility index (Phi) is 3.56. The Balaban J connectivity index is 1.59. The monoisotopic (exact) mass is 223 g/mol. The van der Waals surface area contributed by atoms with Gasteiger partial charge in [0.05, 0.1) is 19.3 Å². The van der Waals surface area contributed by atoms with Crippen LogP contribution in [-0.4, -0.2) is 24.0 Å². The molecule has 1 aliphatic carbocycles. The molecule has 1 aromatic heterocycles. The average Bonchev–Trinajstić information content (AvgIpc) is 2.98. The Morgan fingerprint density at radius 3 is 3.06 bits per heavy atom. The molecule has 0 spiro atoms. The number of aryl methyl sites for hydroxylation is 1. The van der Waals surface area contributed by atoms with Gasteiger partial charge in [0.25, 0.3) is 0 Å². The third-order valence-corrected chi connectivity index (χ3v) is 2.52. The van der Waals surface area contributed by atoms with Crippen LogP contribution in [0.15, 0.2) is 10.6 Å². The first-order valence-electron chi connectivity index (χ1n) is 5.63. The molecule has 2 N–H and O–H groups in total. The van der Waals surface area contributed by atoms with E-state index in [0.29, 0.717) is 19.0 Å². The number of nitrogens with one attached hydrogen (secondary N) is 2. The maximum atomic E-state index is 11.4. The molecule has 1 saturated carbocycles. The van der Waals surface area contributed by atoms with Crippen molar-refractivity contribution in [3.05, 3.63) is 17.8 Å². The lowest BCUT2D eigenvalue weighted by atomic mass is 10.4. The predicted octanol–water partition coefficient (Wildman–Crippen LogP) is 0.599. The van der Waals surface area contributed by atoms with Crippen molar-refractivity contribution in [2.45, 2.75) is 26.3 Å². The summed E-state index contributed by atoms with van der Waals surface area (Å²) in [6.45, 7) is 3.51. The summed E-state index contributed by atoms with van der Waals surface area (Å²) in [5.74, 6) is 2.09. The zero-order valence-corrected chi connectivity index (χ0v) is 9.45. The highest BCUT2D eigenvalue weighted by Gasteiger charge is 2.20. The second kappa shape index (κ2) is 5.12. The molecule has 1 heterocycles. The first-order chi connectivity index (χ1) is 7.74. The smallest absolute Gasteiger partial charge is 0.234 e. The number of carbonyl (C=O) groups excluding carboxylic acids is 1. The van der Waals surface area contributed by atoms with Gasteiger partial charge in [-0.15, -0.1) is 0 Å². The highest BCUT2D eigenvalue weighted by Crippen LogP contribution is 2.27. The van der Waals surface area contributed by atoms with E-state index in [1.165, 1.54) is 12.8 Å². The second-order valence-corrected chi connectivity index (χ2v) is 4.22. The van der Waals surface area contributed by atoms with E-state index in [4.69, 9.17) is 4.42 Å². The van der Waals surface area contributed by atoms with E-state index in [-0.39, 0.29) is 5.91 Å². The molecule has 5 heteroatoms. The van der Waals surface area contributed by atoms with Gasteiger partial charge in [-0.25, -0.2) is 4.98 Å². The van der Waals surface area contributed by atoms with Gasteiger partial charge in [0.1, 0.15) is 5.76 Å². The van der Waals surface area contributed by atoms with Crippen LogP contribution in [0.4, 0.5) is 0 Å². The zero-order chi connectivity index (χ0) is 11.4. The van der Waals surface area contributed by atoms with Gasteiger partial charge in [-0.3, -0.25) is 4.79 Å². The fourth-order valence-electron chi connectivity index (χ4n) is 1.43. The van der Waals surface area contributed by atoms with E-state index in [1.54, 1.807) is 6.20 Å². The highest BCUT2D eigenvalue weighted by atomic mass is 16.4. The molecule has 2 rings (SSSR count). The van der Waals surface area contributed by atoms with Crippen LogP contribution in [0.3, 0.4) is 0 Å². The Morgan fingerprint density at radius 1 is 1.62 bits per heavy atom. The zero-order valence-electron chi connectivity index (χ0n) is 9.45. The molecule has 88 valence electrons. The topological polar surface area (TPSA) is 67.2 Å². The van der Waals surface area contributed by atoms with E-state index >= 15 is 0 Å². The van der Waals surface area contributed by atoms with Crippen LogP contribution >= 0.6 is 0 Å². The lowest BCUT2D eigenvalue weighted by molar-refractivity contribution is -0.120.